The Morgan fingerprint density at radius 2 is 1.74 bits per heavy atom. The topological polar surface area (TPSA) is 72.2 Å². The molecule has 0 saturated carbocycles. The molecule has 2 aromatic heterocycles. The molecule has 5 nitrogen and oxygen atoms in total. The third-order valence-corrected chi connectivity index (χ3v) is 4.34. The molecule has 1 N–H and O–H groups in total. The summed E-state index contributed by atoms with van der Waals surface area (Å²) in [6.45, 7) is 1.88. The number of nitrogens with zero attached hydrogens (tertiary/aromatic N) is 1. The Labute approximate surface area is 155 Å². The highest BCUT2D eigenvalue weighted by atomic mass is 16.4. The average Bonchev–Trinajstić information content (AvgIpc) is 2.68. The lowest BCUT2D eigenvalue weighted by molar-refractivity contribution is 0.102. The molecule has 5 heteroatoms. The van der Waals surface area contributed by atoms with Gasteiger partial charge in [-0.05, 0) is 53.9 Å². The van der Waals surface area contributed by atoms with Gasteiger partial charge >= 0.3 is 5.63 Å². The fourth-order valence-corrected chi connectivity index (χ4v) is 2.94. The van der Waals surface area contributed by atoms with Gasteiger partial charge in [0, 0.05) is 23.2 Å². The highest BCUT2D eigenvalue weighted by Crippen LogP contribution is 2.25. The lowest BCUT2D eigenvalue weighted by Gasteiger charge is -2.07. The van der Waals surface area contributed by atoms with Crippen LogP contribution in [0.1, 0.15) is 15.9 Å². The SMILES string of the molecule is Cc1cc(=O)oc2cc(-c3ccc(C(=O)Nc4ccccn4)cc3)ccc12. The molecule has 0 fully saturated rings. The Hall–Kier alpha value is -3.73. The Kier molecular flexibility index (Phi) is 4.26. The number of carbonyl (C=O) groups excluding carboxylic acids is 1. The molecule has 0 atom stereocenters. The average molecular weight is 356 g/mol. The molecular formula is C22H16N2O3. The van der Waals surface area contributed by atoms with Gasteiger partial charge in [0.05, 0.1) is 0 Å². The number of rotatable bonds is 3. The van der Waals surface area contributed by atoms with Gasteiger partial charge in [-0.1, -0.05) is 30.3 Å². The number of anilines is 1. The number of nitrogens with one attached hydrogen (secondary N) is 1. The van der Waals surface area contributed by atoms with E-state index in [-0.39, 0.29) is 11.5 Å². The van der Waals surface area contributed by atoms with Crippen molar-refractivity contribution in [3.63, 3.8) is 0 Å². The Morgan fingerprint density at radius 3 is 2.48 bits per heavy atom. The van der Waals surface area contributed by atoms with Crippen molar-refractivity contribution in [1.82, 2.24) is 4.98 Å². The summed E-state index contributed by atoms with van der Waals surface area (Å²) >= 11 is 0. The summed E-state index contributed by atoms with van der Waals surface area (Å²) in [5.41, 5.74) is 3.44. The zero-order valence-electron chi connectivity index (χ0n) is 14.6. The smallest absolute Gasteiger partial charge is 0.336 e. The van der Waals surface area contributed by atoms with Crippen LogP contribution in [0.3, 0.4) is 0 Å². The van der Waals surface area contributed by atoms with Crippen LogP contribution in [0.2, 0.25) is 0 Å². The van der Waals surface area contributed by atoms with E-state index in [9.17, 15) is 9.59 Å². The molecule has 0 bridgehead atoms. The van der Waals surface area contributed by atoms with Gasteiger partial charge in [-0.3, -0.25) is 4.79 Å². The summed E-state index contributed by atoms with van der Waals surface area (Å²) in [4.78, 5) is 28.0. The molecule has 0 aliphatic heterocycles. The van der Waals surface area contributed by atoms with E-state index in [4.69, 9.17) is 4.42 Å². The summed E-state index contributed by atoms with van der Waals surface area (Å²) in [5.74, 6) is 0.284. The lowest BCUT2D eigenvalue weighted by atomic mass is 10.0. The fraction of sp³-hybridized carbons (Fsp3) is 0.0455. The molecule has 1 amide bonds. The van der Waals surface area contributed by atoms with Crippen LogP contribution in [0.5, 0.6) is 0 Å². The molecule has 0 unspecified atom stereocenters. The van der Waals surface area contributed by atoms with Crippen LogP contribution < -0.4 is 10.9 Å². The van der Waals surface area contributed by atoms with Crippen LogP contribution in [0, 0.1) is 6.92 Å². The van der Waals surface area contributed by atoms with Gasteiger partial charge in [0.2, 0.25) is 0 Å². The van der Waals surface area contributed by atoms with Crippen LogP contribution in [0.4, 0.5) is 5.82 Å². The highest BCUT2D eigenvalue weighted by molar-refractivity contribution is 6.04. The largest absolute Gasteiger partial charge is 0.423 e. The highest BCUT2D eigenvalue weighted by Gasteiger charge is 2.08. The van der Waals surface area contributed by atoms with E-state index >= 15 is 0 Å². The molecule has 0 aliphatic rings. The number of fused-ring (bicyclic) bond motifs is 1. The Balaban J connectivity index is 1.61. The Bertz CT molecular complexity index is 1180. The van der Waals surface area contributed by atoms with E-state index < -0.39 is 0 Å². The first-order valence-electron chi connectivity index (χ1n) is 8.47. The first kappa shape index (κ1) is 16.7. The van der Waals surface area contributed by atoms with Gasteiger partial charge in [-0.2, -0.15) is 0 Å². The molecule has 0 aliphatic carbocycles. The van der Waals surface area contributed by atoms with Gasteiger partial charge in [0.1, 0.15) is 11.4 Å². The molecule has 0 radical (unpaired) electrons. The molecular weight excluding hydrogens is 340 g/mol. The van der Waals surface area contributed by atoms with Crippen LogP contribution in [0.15, 0.2) is 82.1 Å². The second-order valence-electron chi connectivity index (χ2n) is 6.21. The molecule has 4 aromatic rings. The van der Waals surface area contributed by atoms with Crippen molar-refractivity contribution < 1.29 is 9.21 Å². The van der Waals surface area contributed by atoms with Gasteiger partial charge in [-0.25, -0.2) is 9.78 Å². The number of aromatic nitrogens is 1. The second kappa shape index (κ2) is 6.88. The monoisotopic (exact) mass is 356 g/mol. The number of hydrogen-bond acceptors (Lipinski definition) is 4. The summed E-state index contributed by atoms with van der Waals surface area (Å²) < 4.78 is 5.31. The second-order valence-corrected chi connectivity index (χ2v) is 6.21. The van der Waals surface area contributed by atoms with Gasteiger partial charge < -0.3 is 9.73 Å². The van der Waals surface area contributed by atoms with E-state index in [0.717, 1.165) is 22.1 Å². The molecule has 4 rings (SSSR count). The molecule has 0 saturated heterocycles. The summed E-state index contributed by atoms with van der Waals surface area (Å²) in [7, 11) is 0. The quantitative estimate of drug-likeness (QED) is 0.552. The standard InChI is InChI=1S/C22H16N2O3/c1-14-12-21(25)27-19-13-17(9-10-18(14)19)15-5-7-16(8-6-15)22(26)24-20-4-2-3-11-23-20/h2-13H,1H3,(H,23,24,26). The van der Waals surface area contributed by atoms with Gasteiger partial charge in [-0.15, -0.1) is 0 Å². The maximum atomic E-state index is 12.3. The lowest BCUT2D eigenvalue weighted by Crippen LogP contribution is -2.12. The summed E-state index contributed by atoms with van der Waals surface area (Å²) in [6, 6.07) is 19.8. The van der Waals surface area contributed by atoms with Crippen LogP contribution in [-0.2, 0) is 0 Å². The van der Waals surface area contributed by atoms with Crippen molar-refractivity contribution in [3.05, 3.63) is 94.5 Å². The number of hydrogen-bond donors (Lipinski definition) is 1. The van der Waals surface area contributed by atoms with Crippen molar-refractivity contribution in [2.24, 2.45) is 0 Å². The first-order chi connectivity index (χ1) is 13.1. The number of benzene rings is 2. The molecule has 0 spiro atoms. The number of carbonyl (C=O) groups is 1. The Morgan fingerprint density at radius 1 is 0.963 bits per heavy atom. The van der Waals surface area contributed by atoms with Crippen molar-refractivity contribution >= 4 is 22.7 Å². The van der Waals surface area contributed by atoms with E-state index in [1.807, 2.05) is 43.3 Å². The van der Waals surface area contributed by atoms with Crippen LogP contribution >= 0.6 is 0 Å². The minimum atomic E-state index is -0.362. The van der Waals surface area contributed by atoms with Crippen molar-refractivity contribution in [2.75, 3.05) is 5.32 Å². The molecule has 27 heavy (non-hydrogen) atoms. The first-order valence-corrected chi connectivity index (χ1v) is 8.47. The molecule has 2 heterocycles. The van der Waals surface area contributed by atoms with E-state index in [1.165, 1.54) is 6.07 Å². The predicted octanol–water partition coefficient (Wildman–Crippen LogP) is 4.42. The van der Waals surface area contributed by atoms with Gasteiger partial charge in [0.15, 0.2) is 0 Å². The number of pyridine rings is 1. The van der Waals surface area contributed by atoms with Crippen molar-refractivity contribution in [2.45, 2.75) is 6.92 Å². The molecule has 132 valence electrons. The number of aryl methyl sites for hydroxylation is 1. The number of amides is 1. The van der Waals surface area contributed by atoms with Gasteiger partial charge in [0.25, 0.3) is 5.91 Å². The van der Waals surface area contributed by atoms with E-state index in [2.05, 4.69) is 10.3 Å². The van der Waals surface area contributed by atoms with Crippen molar-refractivity contribution in [1.29, 1.82) is 0 Å². The zero-order chi connectivity index (χ0) is 18.8. The summed E-state index contributed by atoms with van der Waals surface area (Å²) in [6.07, 6.45) is 1.62. The third-order valence-electron chi connectivity index (χ3n) is 4.34. The maximum absolute atomic E-state index is 12.3. The minimum absolute atomic E-state index is 0.222. The van der Waals surface area contributed by atoms with E-state index in [1.54, 1.807) is 30.5 Å². The predicted molar refractivity (Wildman–Crippen MR) is 105 cm³/mol. The van der Waals surface area contributed by atoms with Crippen LogP contribution in [-0.4, -0.2) is 10.9 Å². The minimum Gasteiger partial charge on any atom is -0.423 e. The van der Waals surface area contributed by atoms with Crippen molar-refractivity contribution in [3.8, 4) is 11.1 Å². The van der Waals surface area contributed by atoms with Crippen LogP contribution in [0.25, 0.3) is 22.1 Å². The van der Waals surface area contributed by atoms with E-state index in [0.29, 0.717) is 17.0 Å². The third kappa shape index (κ3) is 3.48. The maximum Gasteiger partial charge on any atom is 0.336 e. The fourth-order valence-electron chi connectivity index (χ4n) is 2.94. The normalized spacial score (nSPS) is 10.7. The summed E-state index contributed by atoms with van der Waals surface area (Å²) in [5, 5.41) is 3.66. The zero-order valence-corrected chi connectivity index (χ0v) is 14.6. The molecule has 2 aromatic carbocycles.